The lowest BCUT2D eigenvalue weighted by Gasteiger charge is -2.39. The number of piperidine rings is 1. The summed E-state index contributed by atoms with van der Waals surface area (Å²) >= 11 is 0. The highest BCUT2D eigenvalue weighted by Gasteiger charge is 2.28. The Hall–Kier alpha value is -3.51. The molecule has 0 bridgehead atoms. The molecule has 0 aliphatic carbocycles. The van der Waals surface area contributed by atoms with Crippen LogP contribution in [0.3, 0.4) is 0 Å². The summed E-state index contributed by atoms with van der Waals surface area (Å²) in [5, 5.41) is 16.5. The molecule has 1 amide bonds. The molecule has 2 aliphatic rings. The molecule has 0 saturated carbocycles. The van der Waals surface area contributed by atoms with E-state index in [1.54, 1.807) is 6.07 Å². The Morgan fingerprint density at radius 3 is 2.62 bits per heavy atom. The van der Waals surface area contributed by atoms with Crippen molar-refractivity contribution in [2.75, 3.05) is 29.9 Å². The van der Waals surface area contributed by atoms with Crippen LogP contribution >= 0.6 is 0 Å². The van der Waals surface area contributed by atoms with Crippen molar-refractivity contribution in [3.8, 4) is 11.5 Å². The number of fused-ring (bicyclic) bond motifs is 1. The molecule has 194 valence electrons. The van der Waals surface area contributed by atoms with E-state index in [4.69, 9.17) is 4.74 Å². The van der Waals surface area contributed by atoms with E-state index in [9.17, 15) is 9.90 Å². The Labute approximate surface area is 219 Å². The maximum atomic E-state index is 11.4. The van der Waals surface area contributed by atoms with Gasteiger partial charge in [0, 0.05) is 30.9 Å². The van der Waals surface area contributed by atoms with Gasteiger partial charge < -0.3 is 25.4 Å². The quantitative estimate of drug-likeness (QED) is 0.376. The van der Waals surface area contributed by atoms with Crippen molar-refractivity contribution >= 4 is 17.3 Å². The van der Waals surface area contributed by atoms with Crippen molar-refractivity contribution in [2.45, 2.75) is 57.5 Å². The number of phenols is 1. The Balaban J connectivity index is 1.30. The fourth-order valence-electron chi connectivity index (χ4n) is 5.60. The highest BCUT2D eigenvalue weighted by Crippen LogP contribution is 2.38. The number of hydrogen-bond acceptors (Lipinski definition) is 5. The third-order valence-electron chi connectivity index (χ3n) is 7.50. The van der Waals surface area contributed by atoms with E-state index in [-0.39, 0.29) is 11.9 Å². The Bertz CT molecular complexity index is 1190. The number of benzene rings is 3. The van der Waals surface area contributed by atoms with Crippen LogP contribution in [0.15, 0.2) is 66.7 Å². The van der Waals surface area contributed by atoms with Crippen LogP contribution in [0.4, 0.5) is 11.4 Å². The van der Waals surface area contributed by atoms with Crippen LogP contribution < -0.4 is 20.3 Å². The van der Waals surface area contributed by atoms with Gasteiger partial charge in [-0.1, -0.05) is 24.6 Å². The molecule has 2 atom stereocenters. The monoisotopic (exact) mass is 499 g/mol. The minimum absolute atomic E-state index is 0.0737. The molecule has 0 spiro atoms. The van der Waals surface area contributed by atoms with Gasteiger partial charge in [0.05, 0.1) is 12.6 Å². The van der Waals surface area contributed by atoms with Gasteiger partial charge in [0.25, 0.3) is 0 Å². The molecule has 3 aromatic rings. The number of nitrogens with zero attached hydrogens (tertiary/aromatic N) is 1. The number of amides is 1. The second-order valence-electron chi connectivity index (χ2n) is 10.2. The van der Waals surface area contributed by atoms with Gasteiger partial charge in [-0.25, -0.2) is 0 Å². The second kappa shape index (κ2) is 11.7. The first kappa shape index (κ1) is 25.2. The number of carbonyl (C=O) groups is 1. The van der Waals surface area contributed by atoms with Gasteiger partial charge in [-0.15, -0.1) is 0 Å². The average molecular weight is 500 g/mol. The van der Waals surface area contributed by atoms with Gasteiger partial charge in [-0.3, -0.25) is 4.79 Å². The van der Waals surface area contributed by atoms with Crippen LogP contribution in [0.5, 0.6) is 11.5 Å². The zero-order valence-corrected chi connectivity index (χ0v) is 21.6. The van der Waals surface area contributed by atoms with Crippen molar-refractivity contribution in [2.24, 2.45) is 0 Å². The number of hydrogen-bond donors (Lipinski definition) is 3. The molecule has 0 radical (unpaired) electrons. The summed E-state index contributed by atoms with van der Waals surface area (Å²) in [6.07, 6.45) is 6.60. The van der Waals surface area contributed by atoms with E-state index < -0.39 is 0 Å². The molecule has 1 fully saturated rings. The van der Waals surface area contributed by atoms with E-state index >= 15 is 0 Å². The number of phenolic OH excluding ortho intramolecular Hbond substituents is 1. The minimum atomic E-state index is -0.0737. The summed E-state index contributed by atoms with van der Waals surface area (Å²) in [4.78, 5) is 13.8. The highest BCUT2D eigenvalue weighted by atomic mass is 16.5. The molecular weight excluding hydrogens is 462 g/mol. The van der Waals surface area contributed by atoms with Gasteiger partial charge in [-0.2, -0.15) is 0 Å². The summed E-state index contributed by atoms with van der Waals surface area (Å²) in [5.74, 6) is 1.16. The topological polar surface area (TPSA) is 73.8 Å². The largest absolute Gasteiger partial charge is 0.508 e. The SMILES string of the molecule is CC(=O)Nc1ccc(N2CCc3cc(O)ccc3C2Cc2ccc(OCCC3CCCCN3)cc2)cc1. The van der Waals surface area contributed by atoms with Crippen LogP contribution in [0.2, 0.25) is 0 Å². The molecule has 2 aliphatic heterocycles. The molecule has 3 N–H and O–H groups in total. The maximum Gasteiger partial charge on any atom is 0.221 e. The number of ether oxygens (including phenoxy) is 1. The van der Waals surface area contributed by atoms with Crippen molar-refractivity contribution in [1.29, 1.82) is 0 Å². The number of anilines is 2. The third-order valence-corrected chi connectivity index (χ3v) is 7.50. The fourth-order valence-corrected chi connectivity index (χ4v) is 5.60. The lowest BCUT2D eigenvalue weighted by Crippen LogP contribution is -2.36. The van der Waals surface area contributed by atoms with E-state index in [0.29, 0.717) is 11.8 Å². The minimum Gasteiger partial charge on any atom is -0.508 e. The number of rotatable bonds is 8. The molecule has 2 heterocycles. The van der Waals surface area contributed by atoms with Crippen LogP contribution in [0.1, 0.15) is 55.3 Å². The number of aromatic hydroxyl groups is 1. The molecule has 37 heavy (non-hydrogen) atoms. The molecule has 0 aromatic heterocycles. The molecule has 1 saturated heterocycles. The predicted octanol–water partition coefficient (Wildman–Crippen LogP) is 5.61. The van der Waals surface area contributed by atoms with Gasteiger partial charge in [0.1, 0.15) is 11.5 Å². The Morgan fingerprint density at radius 1 is 1.08 bits per heavy atom. The molecular formula is C31H37N3O3. The van der Waals surface area contributed by atoms with Crippen LogP contribution in [0.25, 0.3) is 0 Å². The van der Waals surface area contributed by atoms with Crippen LogP contribution in [-0.2, 0) is 17.6 Å². The highest BCUT2D eigenvalue weighted by molar-refractivity contribution is 5.88. The normalized spacial score (nSPS) is 19.2. The summed E-state index contributed by atoms with van der Waals surface area (Å²) in [5.41, 5.74) is 5.61. The Kier molecular flexibility index (Phi) is 7.95. The molecule has 6 nitrogen and oxygen atoms in total. The maximum absolute atomic E-state index is 11.4. The van der Waals surface area contributed by atoms with E-state index in [0.717, 1.165) is 56.1 Å². The summed E-state index contributed by atoms with van der Waals surface area (Å²) in [6.45, 7) is 4.24. The third kappa shape index (κ3) is 6.44. The first-order valence-corrected chi connectivity index (χ1v) is 13.5. The van der Waals surface area contributed by atoms with Crippen molar-refractivity contribution in [3.63, 3.8) is 0 Å². The van der Waals surface area contributed by atoms with E-state index in [1.807, 2.05) is 18.2 Å². The van der Waals surface area contributed by atoms with Crippen molar-refractivity contribution in [1.82, 2.24) is 5.32 Å². The van der Waals surface area contributed by atoms with Crippen LogP contribution in [-0.4, -0.2) is 36.8 Å². The first-order valence-electron chi connectivity index (χ1n) is 13.5. The van der Waals surface area contributed by atoms with Crippen molar-refractivity contribution < 1.29 is 14.6 Å². The Morgan fingerprint density at radius 2 is 1.89 bits per heavy atom. The standard InChI is InChI=1S/C31H37N3O3/c1-22(35)33-26-7-9-27(10-8-26)34-18-15-24-21-28(36)11-14-30(24)31(34)20-23-5-12-29(13-6-23)37-19-16-25-4-2-3-17-32-25/h5-14,21,25,31-32,36H,2-4,15-20H2,1H3,(H,33,35). The van der Waals surface area contributed by atoms with Crippen LogP contribution in [0, 0.1) is 0 Å². The zero-order valence-electron chi connectivity index (χ0n) is 21.6. The second-order valence-corrected chi connectivity index (χ2v) is 10.2. The molecule has 5 rings (SSSR count). The molecule has 3 aromatic carbocycles. The predicted molar refractivity (Wildman–Crippen MR) is 149 cm³/mol. The van der Waals surface area contributed by atoms with E-state index in [2.05, 4.69) is 58.0 Å². The fraction of sp³-hybridized carbons (Fsp3) is 0.387. The molecule has 6 heteroatoms. The number of carbonyl (C=O) groups excluding carboxylic acids is 1. The summed E-state index contributed by atoms with van der Waals surface area (Å²) < 4.78 is 6.04. The lowest BCUT2D eigenvalue weighted by molar-refractivity contribution is -0.114. The average Bonchev–Trinajstić information content (AvgIpc) is 2.90. The van der Waals surface area contributed by atoms with Gasteiger partial charge in [0.15, 0.2) is 0 Å². The smallest absolute Gasteiger partial charge is 0.221 e. The van der Waals surface area contributed by atoms with E-state index in [1.165, 1.54) is 42.9 Å². The van der Waals surface area contributed by atoms with Gasteiger partial charge in [0.2, 0.25) is 5.91 Å². The lowest BCUT2D eigenvalue weighted by atomic mass is 9.88. The van der Waals surface area contributed by atoms with Gasteiger partial charge in [-0.05, 0) is 104 Å². The first-order chi connectivity index (χ1) is 18.0. The van der Waals surface area contributed by atoms with Gasteiger partial charge >= 0.3 is 0 Å². The van der Waals surface area contributed by atoms with Crippen molar-refractivity contribution in [3.05, 3.63) is 83.4 Å². The summed E-state index contributed by atoms with van der Waals surface area (Å²) in [7, 11) is 0. The molecule has 2 unspecified atom stereocenters. The number of nitrogens with one attached hydrogen (secondary N) is 2. The summed E-state index contributed by atoms with van der Waals surface area (Å²) in [6, 6.07) is 23.0. The zero-order chi connectivity index (χ0) is 25.6.